The average molecular weight is 376 g/mol. The van der Waals surface area contributed by atoms with Crippen LogP contribution in [0.25, 0.3) is 10.9 Å². The number of carbonyl (C=O) groups is 1. The van der Waals surface area contributed by atoms with Gasteiger partial charge < -0.3 is 14.8 Å². The van der Waals surface area contributed by atoms with Crippen molar-refractivity contribution in [3.63, 3.8) is 0 Å². The molecule has 0 spiro atoms. The maximum Gasteiger partial charge on any atom is 0.246 e. The SMILES string of the molecule is Cc1noc(C)c1S(=O)(=O)NCC(=O)NCCc1c[nH]c2ccccc12. The first-order chi connectivity index (χ1) is 12.4. The van der Waals surface area contributed by atoms with Crippen LogP contribution in [0.1, 0.15) is 17.0 Å². The topological polar surface area (TPSA) is 117 Å². The van der Waals surface area contributed by atoms with E-state index >= 15 is 0 Å². The Hall–Kier alpha value is -2.65. The fourth-order valence-corrected chi connectivity index (χ4v) is 4.14. The lowest BCUT2D eigenvalue weighted by atomic mass is 10.1. The molecule has 0 saturated heterocycles. The molecular formula is C17H20N4O4S. The maximum atomic E-state index is 12.3. The van der Waals surface area contributed by atoms with Crippen LogP contribution in [0.5, 0.6) is 0 Å². The van der Waals surface area contributed by atoms with Gasteiger partial charge in [0.1, 0.15) is 10.6 Å². The molecule has 2 aromatic heterocycles. The first-order valence-corrected chi connectivity index (χ1v) is 9.61. The maximum absolute atomic E-state index is 12.3. The lowest BCUT2D eigenvalue weighted by Crippen LogP contribution is -2.37. The molecular weight excluding hydrogens is 356 g/mol. The molecule has 0 aliphatic rings. The summed E-state index contributed by atoms with van der Waals surface area (Å²) in [6.45, 7) is 3.11. The Morgan fingerprint density at radius 3 is 2.77 bits per heavy atom. The van der Waals surface area contributed by atoms with Gasteiger partial charge in [0, 0.05) is 23.6 Å². The molecule has 0 bridgehead atoms. The number of hydrogen-bond donors (Lipinski definition) is 3. The van der Waals surface area contributed by atoms with Crippen LogP contribution < -0.4 is 10.0 Å². The number of para-hydroxylation sites is 1. The zero-order valence-corrected chi connectivity index (χ0v) is 15.3. The molecule has 3 aromatic rings. The van der Waals surface area contributed by atoms with Crippen LogP contribution in [-0.2, 0) is 21.2 Å². The van der Waals surface area contributed by atoms with E-state index in [2.05, 4.69) is 20.2 Å². The third-order valence-corrected chi connectivity index (χ3v) is 5.70. The monoisotopic (exact) mass is 376 g/mol. The molecule has 1 amide bonds. The highest BCUT2D eigenvalue weighted by Gasteiger charge is 2.24. The van der Waals surface area contributed by atoms with Crippen LogP contribution in [0, 0.1) is 13.8 Å². The number of hydrogen-bond acceptors (Lipinski definition) is 5. The summed E-state index contributed by atoms with van der Waals surface area (Å²) in [6, 6.07) is 7.92. The predicted molar refractivity (Wildman–Crippen MR) is 96.2 cm³/mol. The molecule has 1 aromatic carbocycles. The molecule has 9 heteroatoms. The number of sulfonamides is 1. The van der Waals surface area contributed by atoms with Gasteiger partial charge in [0.25, 0.3) is 0 Å². The summed E-state index contributed by atoms with van der Waals surface area (Å²) in [5, 5.41) is 7.44. The number of nitrogens with one attached hydrogen (secondary N) is 3. The summed E-state index contributed by atoms with van der Waals surface area (Å²) in [7, 11) is -3.84. The normalized spacial score (nSPS) is 11.8. The van der Waals surface area contributed by atoms with E-state index in [1.165, 1.54) is 13.8 Å². The van der Waals surface area contributed by atoms with Crippen LogP contribution >= 0.6 is 0 Å². The minimum atomic E-state index is -3.84. The molecule has 0 aliphatic carbocycles. The summed E-state index contributed by atoms with van der Waals surface area (Å²) in [6.07, 6.45) is 2.56. The average Bonchev–Trinajstić information content (AvgIpc) is 3.17. The van der Waals surface area contributed by atoms with Crippen molar-refractivity contribution < 1.29 is 17.7 Å². The molecule has 2 heterocycles. The molecule has 0 unspecified atom stereocenters. The van der Waals surface area contributed by atoms with Crippen molar-refractivity contribution in [1.29, 1.82) is 0 Å². The Morgan fingerprint density at radius 2 is 2.04 bits per heavy atom. The summed E-state index contributed by atoms with van der Waals surface area (Å²) < 4.78 is 31.6. The molecule has 0 atom stereocenters. The third-order valence-electron chi connectivity index (χ3n) is 4.05. The van der Waals surface area contributed by atoms with E-state index in [4.69, 9.17) is 4.52 Å². The predicted octanol–water partition coefficient (Wildman–Crippen LogP) is 1.41. The van der Waals surface area contributed by atoms with Gasteiger partial charge in [0.05, 0.1) is 6.54 Å². The highest BCUT2D eigenvalue weighted by atomic mass is 32.2. The van der Waals surface area contributed by atoms with Gasteiger partial charge in [-0.1, -0.05) is 23.4 Å². The van der Waals surface area contributed by atoms with Gasteiger partial charge in [-0.3, -0.25) is 4.79 Å². The van der Waals surface area contributed by atoms with E-state index in [0.29, 0.717) is 13.0 Å². The Bertz CT molecular complexity index is 1020. The Morgan fingerprint density at radius 1 is 1.27 bits per heavy atom. The molecule has 3 rings (SSSR count). The molecule has 0 aliphatic heterocycles. The number of aromatic nitrogens is 2. The molecule has 3 N–H and O–H groups in total. The van der Waals surface area contributed by atoms with Crippen LogP contribution in [0.2, 0.25) is 0 Å². The van der Waals surface area contributed by atoms with Gasteiger partial charge in [-0.05, 0) is 31.9 Å². The minimum Gasteiger partial charge on any atom is -0.361 e. The molecule has 8 nitrogen and oxygen atoms in total. The number of aromatic amines is 1. The van der Waals surface area contributed by atoms with Crippen molar-refractivity contribution in [3.05, 3.63) is 47.5 Å². The summed E-state index contributed by atoms with van der Waals surface area (Å²) in [5.41, 5.74) is 2.40. The smallest absolute Gasteiger partial charge is 0.246 e. The number of rotatable bonds is 7. The zero-order valence-electron chi connectivity index (χ0n) is 14.5. The van der Waals surface area contributed by atoms with Crippen LogP contribution in [0.4, 0.5) is 0 Å². The van der Waals surface area contributed by atoms with E-state index in [1.54, 1.807) is 0 Å². The molecule has 0 saturated carbocycles. The van der Waals surface area contributed by atoms with Gasteiger partial charge in [0.15, 0.2) is 5.76 Å². The second-order valence-corrected chi connectivity index (χ2v) is 7.64. The standard InChI is InChI=1S/C17H20N4O4S/c1-11-17(12(2)25-21-11)26(23,24)20-10-16(22)18-8-7-13-9-19-15-6-4-3-5-14(13)15/h3-6,9,19-20H,7-8,10H2,1-2H3,(H,18,22). The van der Waals surface area contributed by atoms with Crippen molar-refractivity contribution in [2.45, 2.75) is 25.2 Å². The van der Waals surface area contributed by atoms with E-state index in [0.717, 1.165) is 16.5 Å². The minimum absolute atomic E-state index is 0.0240. The van der Waals surface area contributed by atoms with Gasteiger partial charge in [-0.25, -0.2) is 13.1 Å². The van der Waals surface area contributed by atoms with Crippen molar-refractivity contribution in [2.75, 3.05) is 13.1 Å². The second kappa shape index (κ2) is 7.30. The third kappa shape index (κ3) is 3.78. The number of carbonyl (C=O) groups excluding carboxylic acids is 1. The van der Waals surface area contributed by atoms with Crippen LogP contribution in [0.15, 0.2) is 39.9 Å². The fraction of sp³-hybridized carbons (Fsp3) is 0.294. The lowest BCUT2D eigenvalue weighted by molar-refractivity contribution is -0.119. The number of H-pyrrole nitrogens is 1. The number of aryl methyl sites for hydroxylation is 2. The van der Waals surface area contributed by atoms with Crippen molar-refractivity contribution >= 4 is 26.8 Å². The second-order valence-electron chi connectivity index (χ2n) is 5.94. The van der Waals surface area contributed by atoms with Gasteiger partial charge in [0.2, 0.25) is 15.9 Å². The van der Waals surface area contributed by atoms with Gasteiger partial charge >= 0.3 is 0 Å². The van der Waals surface area contributed by atoms with E-state index in [-0.39, 0.29) is 22.9 Å². The molecule has 0 fully saturated rings. The van der Waals surface area contributed by atoms with E-state index < -0.39 is 15.9 Å². The first-order valence-electron chi connectivity index (χ1n) is 8.12. The Balaban J connectivity index is 1.52. The van der Waals surface area contributed by atoms with Crippen molar-refractivity contribution in [3.8, 4) is 0 Å². The fourth-order valence-electron chi connectivity index (χ4n) is 2.83. The summed E-state index contributed by atoms with van der Waals surface area (Å²) >= 11 is 0. The van der Waals surface area contributed by atoms with E-state index in [1.807, 2.05) is 30.5 Å². The van der Waals surface area contributed by atoms with Crippen molar-refractivity contribution in [2.24, 2.45) is 0 Å². The first kappa shape index (κ1) is 18.2. The van der Waals surface area contributed by atoms with Crippen LogP contribution in [-0.4, -0.2) is 37.6 Å². The largest absolute Gasteiger partial charge is 0.361 e. The summed E-state index contributed by atoms with van der Waals surface area (Å²) in [4.78, 5) is 15.1. The van der Waals surface area contributed by atoms with Gasteiger partial charge in [-0.2, -0.15) is 0 Å². The Kier molecular flexibility index (Phi) is 5.10. The zero-order chi connectivity index (χ0) is 18.7. The van der Waals surface area contributed by atoms with Gasteiger partial charge in [-0.15, -0.1) is 0 Å². The number of nitrogens with zero attached hydrogens (tertiary/aromatic N) is 1. The quantitative estimate of drug-likeness (QED) is 0.576. The molecule has 0 radical (unpaired) electrons. The molecule has 138 valence electrons. The lowest BCUT2D eigenvalue weighted by Gasteiger charge is -2.07. The van der Waals surface area contributed by atoms with Crippen molar-refractivity contribution in [1.82, 2.24) is 20.2 Å². The van der Waals surface area contributed by atoms with Crippen LogP contribution in [0.3, 0.4) is 0 Å². The number of benzene rings is 1. The Labute approximate surface area is 151 Å². The summed E-state index contributed by atoms with van der Waals surface area (Å²) in [5.74, 6) is -0.213. The number of fused-ring (bicyclic) bond motifs is 1. The number of amides is 1. The van der Waals surface area contributed by atoms with E-state index in [9.17, 15) is 13.2 Å². The molecule has 26 heavy (non-hydrogen) atoms. The highest BCUT2D eigenvalue weighted by Crippen LogP contribution is 2.18. The highest BCUT2D eigenvalue weighted by molar-refractivity contribution is 7.89.